The first-order valence-electron chi connectivity index (χ1n) is 42.4. The number of rotatable bonds is 17. The summed E-state index contributed by atoms with van der Waals surface area (Å²) in [6.07, 6.45) is -0.384. The molecule has 0 spiro atoms. The van der Waals surface area contributed by atoms with Crippen LogP contribution >= 0.6 is 47.0 Å². The highest BCUT2D eigenvalue weighted by Crippen LogP contribution is 2.26. The van der Waals surface area contributed by atoms with Crippen LogP contribution in [0.1, 0.15) is 135 Å². The number of fused-ring (bicyclic) bond motifs is 19. The SMILES string of the molecule is CC[C@@H](C)[C@@H]1NC(=O)[C@@H]2NC(=O)[C@H](CC(C)C)NC(=O)[C@H](NC(=O)[C@@H]3CSC[C@@H](N)C(=O)N[C@@H](CO)C(=O)NCC(=O)N[C@@H](Cc4c[nH]c5ccccc45)C(=O)N[C@@H](C(C)C)C(=O)N3)[C@H](C)SC[C@H](NC(=O)[C@H](CCC(=O)O)NC1=O)C(=O)NCC(=O)N[C@@H]1C(=O)N[C@@H](CC(C)C)C(=O)N[C@@H](C(C)C)C(=O)N[C@@H](CS[C@H]2C)C(=O)N[C@@H](C)C(=O)N[C@H](C(=O)O)CS[C@H]1C. The van der Waals surface area contributed by atoms with Gasteiger partial charge in [-0.15, -0.1) is 0 Å². The third-order valence-electron chi connectivity index (χ3n) is 21.6. The van der Waals surface area contributed by atoms with Crippen molar-refractivity contribution in [3.05, 3.63) is 36.0 Å². The van der Waals surface area contributed by atoms with Gasteiger partial charge < -0.3 is 122 Å². The van der Waals surface area contributed by atoms with Gasteiger partial charge in [0.2, 0.25) is 106 Å². The fourth-order valence-corrected chi connectivity index (χ4v) is 18.2. The van der Waals surface area contributed by atoms with Gasteiger partial charge in [0.05, 0.1) is 25.7 Å². The molecule has 0 saturated carbocycles. The third-order valence-corrected chi connectivity index (χ3v) is 26.7. The zero-order valence-electron chi connectivity index (χ0n) is 73.9. The van der Waals surface area contributed by atoms with Crippen LogP contribution in [-0.2, 0) is 102 Å². The quantitative estimate of drug-likeness (QED) is 0.0657. The highest BCUT2D eigenvalue weighted by Gasteiger charge is 2.44. The lowest BCUT2D eigenvalue weighted by Gasteiger charge is -2.32. The fourth-order valence-electron chi connectivity index (χ4n) is 13.8. The molecule has 128 heavy (non-hydrogen) atoms. The summed E-state index contributed by atoms with van der Waals surface area (Å²) in [6.45, 7) is 18.6. The van der Waals surface area contributed by atoms with Gasteiger partial charge in [-0.25, -0.2) is 4.79 Å². The third kappa shape index (κ3) is 32.0. The number of para-hydroxylation sites is 1. The number of aliphatic carboxylic acids is 2. The smallest absolute Gasteiger partial charge is 0.327 e. The van der Waals surface area contributed by atoms with E-state index in [0.29, 0.717) is 28.2 Å². The zero-order valence-corrected chi connectivity index (χ0v) is 77.2. The Morgan fingerprint density at radius 2 is 0.945 bits per heavy atom. The van der Waals surface area contributed by atoms with Crippen LogP contribution in [0.5, 0.6) is 0 Å². The van der Waals surface area contributed by atoms with E-state index in [0.717, 1.165) is 35.3 Å². The molecule has 710 valence electrons. The van der Waals surface area contributed by atoms with Crippen molar-refractivity contribution < 1.29 is 111 Å². The minimum Gasteiger partial charge on any atom is -0.481 e. The van der Waals surface area contributed by atoms with Crippen LogP contribution in [0, 0.1) is 29.6 Å². The van der Waals surface area contributed by atoms with Gasteiger partial charge in [-0.1, -0.05) is 115 Å². The van der Waals surface area contributed by atoms with Crippen molar-refractivity contribution in [3.63, 3.8) is 0 Å². The maximum atomic E-state index is 15.8. The predicted molar refractivity (Wildman–Crippen MR) is 475 cm³/mol. The number of carboxylic acid groups (broad SMARTS) is 2. The lowest BCUT2D eigenvalue weighted by Crippen LogP contribution is -2.63. The number of benzene rings is 1. The molecule has 1 aromatic carbocycles. The number of aromatic amines is 1. The van der Waals surface area contributed by atoms with Gasteiger partial charge in [0, 0.05) is 74.5 Å². The molecule has 0 radical (unpaired) electrons. The van der Waals surface area contributed by atoms with Gasteiger partial charge in [-0.2, -0.15) is 47.0 Å². The van der Waals surface area contributed by atoms with Crippen molar-refractivity contribution in [2.75, 3.05) is 48.5 Å². The molecule has 4 aliphatic heterocycles. The molecule has 4 saturated heterocycles. The van der Waals surface area contributed by atoms with Gasteiger partial charge >= 0.3 is 11.9 Å². The molecule has 0 aliphatic carbocycles. The molecule has 4 bridgehead atoms. The van der Waals surface area contributed by atoms with Crippen molar-refractivity contribution in [3.8, 4) is 0 Å². The topological polar surface area (TPSA) is 660 Å². The summed E-state index contributed by atoms with van der Waals surface area (Å²) in [6, 6.07) is -22.1. The maximum Gasteiger partial charge on any atom is 0.327 e. The molecule has 1 aromatic heterocycles. The highest BCUT2D eigenvalue weighted by atomic mass is 32.2. The molecule has 0 unspecified atom stereocenters. The molecule has 43 nitrogen and oxygen atoms in total. The van der Waals surface area contributed by atoms with Crippen LogP contribution < -0.4 is 101 Å². The summed E-state index contributed by atoms with van der Waals surface area (Å²) in [5, 5.41) is 73.7. The average Bonchev–Trinajstić information content (AvgIpc) is 1.63. The predicted octanol–water partition coefficient (Wildman–Crippen LogP) is -5.41. The van der Waals surface area contributed by atoms with Crippen molar-refractivity contribution in [2.45, 2.75) is 254 Å². The van der Waals surface area contributed by atoms with Crippen LogP contribution in [0.15, 0.2) is 30.5 Å². The van der Waals surface area contributed by atoms with Gasteiger partial charge in [0.25, 0.3) is 0 Å². The number of carbonyl (C=O) groups excluding carboxylic acids is 18. The number of aromatic nitrogens is 1. The van der Waals surface area contributed by atoms with Crippen LogP contribution in [0.2, 0.25) is 0 Å². The number of nitrogens with two attached hydrogens (primary N) is 1. The van der Waals surface area contributed by atoms with Crippen LogP contribution in [0.3, 0.4) is 0 Å². The summed E-state index contributed by atoms with van der Waals surface area (Å²) in [7, 11) is 0. The number of carboxylic acids is 2. The Balaban J connectivity index is 1.60. The Morgan fingerprint density at radius 1 is 0.461 bits per heavy atom. The first-order chi connectivity index (χ1) is 60.2. The lowest BCUT2D eigenvalue weighted by atomic mass is 9.96. The van der Waals surface area contributed by atoms with E-state index in [1.165, 1.54) is 34.6 Å². The van der Waals surface area contributed by atoms with E-state index in [2.05, 4.69) is 101 Å². The molecule has 24 N–H and O–H groups in total. The molecule has 4 aliphatic rings. The molecule has 18 amide bonds. The van der Waals surface area contributed by atoms with Gasteiger partial charge in [0.1, 0.15) is 96.7 Å². The number of nitrogens with one attached hydrogen (secondary N) is 19. The molecule has 6 rings (SSSR count). The van der Waals surface area contributed by atoms with Crippen molar-refractivity contribution in [1.82, 2.24) is 101 Å². The van der Waals surface area contributed by atoms with E-state index in [4.69, 9.17) is 5.73 Å². The van der Waals surface area contributed by atoms with Crippen LogP contribution in [-0.4, -0.2) is 305 Å². The van der Waals surface area contributed by atoms with Gasteiger partial charge in [-0.05, 0) is 67.4 Å². The molecule has 2 aromatic rings. The van der Waals surface area contributed by atoms with E-state index in [1.807, 2.05) is 0 Å². The van der Waals surface area contributed by atoms with Crippen molar-refractivity contribution >= 4 is 176 Å². The average molecular weight is 1870 g/mol. The number of aliphatic hydroxyl groups excluding tert-OH is 1. The first kappa shape index (κ1) is 106. The van der Waals surface area contributed by atoms with E-state index < -0.39 is 322 Å². The fraction of sp³-hybridized carbons (Fsp3) is 0.654. The Hall–Kier alpha value is -10.5. The minimum atomic E-state index is -1.96. The molecule has 21 atom stereocenters. The Bertz CT molecular complexity index is 4370. The second-order valence-corrected chi connectivity index (χ2v) is 39.0. The van der Waals surface area contributed by atoms with Gasteiger partial charge in [0.15, 0.2) is 0 Å². The highest BCUT2D eigenvalue weighted by molar-refractivity contribution is 8.00. The van der Waals surface area contributed by atoms with Crippen LogP contribution in [0.25, 0.3) is 10.9 Å². The summed E-state index contributed by atoms with van der Waals surface area (Å²) >= 11 is 2.94. The number of hydrogen-bond acceptors (Lipinski definition) is 26. The van der Waals surface area contributed by atoms with E-state index in [9.17, 15) is 72.9 Å². The molecule has 5 heterocycles. The standard InChI is InChI=1S/C81H124N20O23S4/c1-15-38(10)61-77(119)88-47(20-21-58(105)106)69(111)92-53-31-126-41(13)63(101-74(116)52-30-125-29-45(82)66(108)91-51(28-102)67(109)84-26-56(103)87-50(72(114)98-59(36(6)7)75(117)93-52)24-43-25-83-46-19-17-16-18-44(43)46)79(121)90-49(23-35(4)5)71(113)100-64(80(122)99-61)42(14)127-32-54-73(115)86-39(11)65(107)95-55(81(123)124)33-128-40(12)62(96-57(104)27-85-68(53)110)78(120)89-48(22-34(2)3)70(112)97-60(37(8)9)76(118)94-54/h16-19,25,34-42,45,47-55,59-64,83,102H,15,20-24,26-33,82H2,1-14H3,(H,84,109)(H,85,110)(H,86,115)(H,87,103)(H,88,119)(H,89,120)(H,90,121)(H,91,108)(H,92,111)(H,93,117)(H,94,118)(H,95,107)(H,96,104)(H,97,112)(H,98,114)(H,99,122)(H,100,113)(H,101,116)(H,105,106)(H,123,124)/t38-,39+,40+,41+,42+,45-,47+,48+,49+,50+,51+,52+,53+,54+,55+,59+,60+,61+,62+,63-,64-/m1/s1. The van der Waals surface area contributed by atoms with Gasteiger partial charge in [-0.3, -0.25) is 91.1 Å². The second kappa shape index (κ2) is 50.4. The minimum absolute atomic E-state index is 0.106. The molecule has 47 heteroatoms. The van der Waals surface area contributed by atoms with E-state index in [1.54, 1.807) is 92.8 Å². The summed E-state index contributed by atoms with van der Waals surface area (Å²) < 4.78 is 0. The van der Waals surface area contributed by atoms with Crippen molar-refractivity contribution in [2.24, 2.45) is 35.3 Å². The number of carbonyl (C=O) groups is 20. The second-order valence-electron chi connectivity index (χ2n) is 33.7. The van der Waals surface area contributed by atoms with Crippen LogP contribution in [0.4, 0.5) is 0 Å². The number of thioether (sulfide) groups is 4. The van der Waals surface area contributed by atoms with E-state index >= 15 is 38.4 Å². The number of H-pyrrole nitrogens is 1. The molecular weight excluding hydrogens is 1750 g/mol. The largest absolute Gasteiger partial charge is 0.481 e. The summed E-state index contributed by atoms with van der Waals surface area (Å²) in [4.78, 5) is 296. The molecular formula is C81H124N20O23S4. The summed E-state index contributed by atoms with van der Waals surface area (Å²) in [5.74, 6) is -28.6. The normalized spacial score (nSPS) is 29.8. The van der Waals surface area contributed by atoms with Crippen molar-refractivity contribution in [1.29, 1.82) is 0 Å². The first-order valence-corrected chi connectivity index (χ1v) is 46.7. The molecule has 4 fully saturated rings. The summed E-state index contributed by atoms with van der Waals surface area (Å²) in [5.41, 5.74) is 7.55. The Morgan fingerprint density at radius 3 is 1.53 bits per heavy atom. The zero-order chi connectivity index (χ0) is 95.4. The van der Waals surface area contributed by atoms with E-state index in [-0.39, 0.29) is 31.6 Å². The number of aliphatic hydroxyl groups is 1. The number of amides is 18. The maximum absolute atomic E-state index is 15.8. The Labute approximate surface area is 757 Å². The monoisotopic (exact) mass is 1870 g/mol. The lowest BCUT2D eigenvalue weighted by molar-refractivity contribution is -0.141. The number of hydrogen-bond donors (Lipinski definition) is 23. The Kier molecular flexibility index (Phi) is 41.9.